The van der Waals surface area contributed by atoms with E-state index in [1.807, 2.05) is 18.2 Å². The predicted molar refractivity (Wildman–Crippen MR) is 97.5 cm³/mol. The van der Waals surface area contributed by atoms with Crippen LogP contribution in [0.25, 0.3) is 5.82 Å². The minimum Gasteiger partial charge on any atom is -0.493 e. The first-order valence-electron chi connectivity index (χ1n) is 8.06. The summed E-state index contributed by atoms with van der Waals surface area (Å²) in [6.07, 6.45) is 6.45. The number of hydrogen-bond acceptors (Lipinski definition) is 8. The molecular weight excluding hydrogens is 352 g/mol. The quantitative estimate of drug-likeness (QED) is 0.474. The zero-order valence-electron chi connectivity index (χ0n) is 14.8. The smallest absolute Gasteiger partial charge is 0.354 e. The molecule has 2 aromatic heterocycles. The van der Waals surface area contributed by atoms with E-state index < -0.39 is 4.92 Å². The monoisotopic (exact) mass is 370 g/mol. The van der Waals surface area contributed by atoms with Gasteiger partial charge in [-0.25, -0.2) is 15.0 Å². The molecule has 0 unspecified atom stereocenters. The van der Waals surface area contributed by atoms with Gasteiger partial charge in [0, 0.05) is 18.9 Å². The van der Waals surface area contributed by atoms with Gasteiger partial charge in [0.05, 0.1) is 19.1 Å². The molecule has 140 valence electrons. The average molecular weight is 370 g/mol. The first-order chi connectivity index (χ1) is 13.1. The molecule has 27 heavy (non-hydrogen) atoms. The summed E-state index contributed by atoms with van der Waals surface area (Å²) in [7, 11) is 3.15. The Morgan fingerprint density at radius 3 is 2.70 bits per heavy atom. The Morgan fingerprint density at radius 1 is 1.22 bits per heavy atom. The molecule has 2 heterocycles. The second-order valence-electron chi connectivity index (χ2n) is 5.49. The van der Waals surface area contributed by atoms with E-state index in [1.165, 1.54) is 23.4 Å². The van der Waals surface area contributed by atoms with Crippen LogP contribution in [0.15, 0.2) is 43.2 Å². The summed E-state index contributed by atoms with van der Waals surface area (Å²) < 4.78 is 12.0. The molecule has 0 saturated heterocycles. The number of aromatic nitrogens is 4. The van der Waals surface area contributed by atoms with Crippen LogP contribution in [0.4, 0.5) is 11.5 Å². The van der Waals surface area contributed by atoms with Crippen LogP contribution in [-0.4, -0.2) is 45.2 Å². The van der Waals surface area contributed by atoms with E-state index in [9.17, 15) is 10.1 Å². The number of hydrogen-bond donors (Lipinski definition) is 1. The molecule has 0 spiro atoms. The Hall–Kier alpha value is -3.69. The van der Waals surface area contributed by atoms with Gasteiger partial charge in [-0.15, -0.1) is 0 Å². The zero-order valence-corrected chi connectivity index (χ0v) is 14.8. The summed E-state index contributed by atoms with van der Waals surface area (Å²) >= 11 is 0. The van der Waals surface area contributed by atoms with E-state index in [-0.39, 0.29) is 17.3 Å². The van der Waals surface area contributed by atoms with Crippen LogP contribution in [0.2, 0.25) is 0 Å². The number of methoxy groups -OCH3 is 2. The van der Waals surface area contributed by atoms with Crippen molar-refractivity contribution in [2.24, 2.45) is 0 Å². The molecule has 1 N–H and O–H groups in total. The minimum absolute atomic E-state index is 0.152. The van der Waals surface area contributed by atoms with Crippen molar-refractivity contribution in [3.05, 3.63) is 58.9 Å². The average Bonchev–Trinajstić information content (AvgIpc) is 3.22. The van der Waals surface area contributed by atoms with Crippen LogP contribution in [0.1, 0.15) is 5.56 Å². The topological polar surface area (TPSA) is 117 Å². The van der Waals surface area contributed by atoms with Crippen LogP contribution >= 0.6 is 0 Å². The molecule has 0 saturated carbocycles. The Bertz CT molecular complexity index is 929. The van der Waals surface area contributed by atoms with Crippen LogP contribution in [0.5, 0.6) is 11.5 Å². The molecule has 0 fully saturated rings. The molecule has 0 atom stereocenters. The Balaban J connectivity index is 1.77. The number of nitro groups is 1. The molecule has 3 aromatic rings. The van der Waals surface area contributed by atoms with Crippen LogP contribution in [-0.2, 0) is 6.42 Å². The lowest BCUT2D eigenvalue weighted by atomic mass is 10.1. The van der Waals surface area contributed by atoms with Crippen LogP contribution in [0, 0.1) is 10.1 Å². The maximum absolute atomic E-state index is 11.5. The zero-order chi connectivity index (χ0) is 19.2. The first kappa shape index (κ1) is 18.1. The Kier molecular flexibility index (Phi) is 5.45. The summed E-state index contributed by atoms with van der Waals surface area (Å²) in [5.41, 5.74) is 0.787. The Morgan fingerprint density at radius 2 is 2.04 bits per heavy atom. The fraction of sp³-hybridized carbons (Fsp3) is 0.235. The second-order valence-corrected chi connectivity index (χ2v) is 5.49. The highest BCUT2D eigenvalue weighted by Crippen LogP contribution is 2.29. The number of imidazole rings is 1. The minimum atomic E-state index is -0.506. The van der Waals surface area contributed by atoms with Gasteiger partial charge in [-0.2, -0.15) is 0 Å². The molecule has 0 aliphatic heterocycles. The highest BCUT2D eigenvalue weighted by atomic mass is 16.6. The van der Waals surface area contributed by atoms with Crippen molar-refractivity contribution >= 4 is 11.5 Å². The van der Waals surface area contributed by atoms with Crippen molar-refractivity contribution in [1.29, 1.82) is 0 Å². The molecule has 10 heteroatoms. The Labute approximate surface area is 155 Å². The third-order valence-electron chi connectivity index (χ3n) is 3.89. The molecule has 10 nitrogen and oxygen atoms in total. The van der Waals surface area contributed by atoms with E-state index in [2.05, 4.69) is 20.3 Å². The fourth-order valence-corrected chi connectivity index (χ4v) is 2.60. The van der Waals surface area contributed by atoms with Crippen molar-refractivity contribution in [2.45, 2.75) is 6.42 Å². The van der Waals surface area contributed by atoms with Gasteiger partial charge in [0.1, 0.15) is 12.7 Å². The maximum Gasteiger partial charge on any atom is 0.354 e. The number of nitrogens with zero attached hydrogens (tertiary/aromatic N) is 5. The van der Waals surface area contributed by atoms with Crippen LogP contribution < -0.4 is 14.8 Å². The highest BCUT2D eigenvalue weighted by molar-refractivity contribution is 5.64. The summed E-state index contributed by atoms with van der Waals surface area (Å²) in [5.74, 6) is 1.58. The van der Waals surface area contributed by atoms with Gasteiger partial charge < -0.3 is 14.8 Å². The van der Waals surface area contributed by atoms with Gasteiger partial charge in [-0.3, -0.25) is 14.7 Å². The summed E-state index contributed by atoms with van der Waals surface area (Å²) in [6.45, 7) is 0.441. The van der Waals surface area contributed by atoms with E-state index in [0.717, 1.165) is 5.56 Å². The lowest BCUT2D eigenvalue weighted by Gasteiger charge is -2.11. The molecule has 0 bridgehead atoms. The van der Waals surface area contributed by atoms with Gasteiger partial charge in [-0.05, 0) is 24.1 Å². The third-order valence-corrected chi connectivity index (χ3v) is 3.89. The van der Waals surface area contributed by atoms with E-state index in [1.54, 1.807) is 20.4 Å². The summed E-state index contributed by atoms with van der Waals surface area (Å²) in [4.78, 5) is 23.0. The van der Waals surface area contributed by atoms with Gasteiger partial charge in [0.25, 0.3) is 0 Å². The lowest BCUT2D eigenvalue weighted by molar-refractivity contribution is -0.384. The number of anilines is 1. The third kappa shape index (κ3) is 3.94. The normalized spacial score (nSPS) is 10.4. The number of ether oxygens (including phenoxy) is 2. The van der Waals surface area contributed by atoms with Crippen molar-refractivity contribution in [3.8, 4) is 17.3 Å². The number of nitrogens with one attached hydrogen (secondary N) is 1. The van der Waals surface area contributed by atoms with Crippen molar-refractivity contribution in [2.75, 3.05) is 26.1 Å². The van der Waals surface area contributed by atoms with Crippen molar-refractivity contribution in [3.63, 3.8) is 0 Å². The van der Waals surface area contributed by atoms with Gasteiger partial charge in [0.15, 0.2) is 11.5 Å². The molecule has 0 aliphatic rings. The lowest BCUT2D eigenvalue weighted by Crippen LogP contribution is -2.11. The molecular formula is C17H18N6O4. The highest BCUT2D eigenvalue weighted by Gasteiger charge is 2.23. The number of rotatable bonds is 8. The summed E-state index contributed by atoms with van der Waals surface area (Å²) in [6, 6.07) is 5.60. The molecule has 0 amide bonds. The van der Waals surface area contributed by atoms with Gasteiger partial charge in [0.2, 0.25) is 11.6 Å². The first-order valence-corrected chi connectivity index (χ1v) is 8.06. The molecule has 3 rings (SSSR count). The van der Waals surface area contributed by atoms with Gasteiger partial charge in [-0.1, -0.05) is 6.07 Å². The number of benzene rings is 1. The SMILES string of the molecule is COc1ccc(CCNc2ncnc(-n3ccnc3)c2[N+](=O)[O-])cc1OC. The van der Waals surface area contributed by atoms with Crippen molar-refractivity contribution < 1.29 is 14.4 Å². The standard InChI is InChI=1S/C17H18N6O4/c1-26-13-4-3-12(9-14(13)27-2)5-6-19-16-15(23(24)25)17(21-10-20-16)22-8-7-18-11-22/h3-4,7-11H,5-6H2,1-2H3,(H,19,20,21). The molecule has 0 aliphatic carbocycles. The van der Waals surface area contributed by atoms with Gasteiger partial charge >= 0.3 is 5.69 Å². The van der Waals surface area contributed by atoms with E-state index in [4.69, 9.17) is 9.47 Å². The van der Waals surface area contributed by atoms with Crippen LogP contribution in [0.3, 0.4) is 0 Å². The van der Waals surface area contributed by atoms with E-state index in [0.29, 0.717) is 24.5 Å². The fourth-order valence-electron chi connectivity index (χ4n) is 2.60. The van der Waals surface area contributed by atoms with E-state index >= 15 is 0 Å². The second kappa shape index (κ2) is 8.13. The van der Waals surface area contributed by atoms with Crippen molar-refractivity contribution in [1.82, 2.24) is 19.5 Å². The largest absolute Gasteiger partial charge is 0.493 e. The predicted octanol–water partition coefficient (Wildman–Crippen LogP) is 2.24. The molecule has 0 radical (unpaired) electrons. The molecule has 1 aromatic carbocycles. The summed E-state index contributed by atoms with van der Waals surface area (Å²) in [5, 5.41) is 14.6. The maximum atomic E-state index is 11.5.